The van der Waals surface area contributed by atoms with E-state index in [1.807, 2.05) is 97.3 Å². The average Bonchev–Trinajstić information content (AvgIpc) is 3.78. The number of anilines is 3. The van der Waals surface area contributed by atoms with E-state index in [4.69, 9.17) is 20.2 Å². The van der Waals surface area contributed by atoms with Crippen molar-refractivity contribution in [2.24, 2.45) is 0 Å². The molecule has 0 fully saturated rings. The quantitative estimate of drug-likeness (QED) is 0.0601. The molecule has 0 amide bonds. The summed E-state index contributed by atoms with van der Waals surface area (Å²) in [6.45, 7) is 4.27. The van der Waals surface area contributed by atoms with E-state index in [9.17, 15) is 19.8 Å². The van der Waals surface area contributed by atoms with E-state index in [0.29, 0.717) is 101 Å². The van der Waals surface area contributed by atoms with Gasteiger partial charge in [0.25, 0.3) is 11.1 Å². The van der Waals surface area contributed by atoms with Gasteiger partial charge in [-0.05, 0) is 94.3 Å². The standard InChI is InChI=1S/C24H24N6O3.C18H19N5O2S.C7H9NO/c1-24(32)12-4-3-5-13-29-22(31)18-15-25-23(26-16-8-6-9-17(14-16)33-2)28-21(18)30(29)20-11-7-10-19(24)27-20;1-18(25)9-4-3-5-10-22-16(24)12-11-19-17(26-2)21-15(12)23(22)14-8-6-7-13(18)20-14;1-9-7-4-2-3-6(8)5-7/h3,5-11,14-15,32H,4,12-13H2,1-2H3,(H,25,26,28);3,5-8,11,25H,4,9-10H2,1-2H3;2-5H,8H2,1H3/b2*5-3-;/t24-;18-;/m00./s1. The molecule has 18 nitrogen and oxygen atoms in total. The number of ether oxygens (including phenoxy) is 2. The molecule has 10 rings (SSSR count). The fourth-order valence-electron chi connectivity index (χ4n) is 7.72. The van der Waals surface area contributed by atoms with Crippen molar-refractivity contribution in [3.8, 4) is 23.1 Å². The zero-order chi connectivity index (χ0) is 48.0. The van der Waals surface area contributed by atoms with Crippen LogP contribution in [0.4, 0.5) is 17.3 Å². The molecule has 8 aromatic rings. The fraction of sp³-hybridized carbons (Fsp3) is 0.265. The SMILES string of the molecule is COc1cccc(N)c1.COc1cccc(Nc2ncc3c(=O)n4n(c3n2)-c2cccc(n2)[C@@](C)(O)CC/C=C\C4)c1.CSc1ncc2c(=O)n3n(c2n1)-c1cccc(n1)[C@@](C)(O)CC/C=C\C3. The number of fused-ring (bicyclic) bond motifs is 12. The summed E-state index contributed by atoms with van der Waals surface area (Å²) in [4.78, 5) is 53.2. The number of nitrogens with zero attached hydrogens (tertiary/aromatic N) is 10. The Balaban J connectivity index is 0.000000158. The number of nitrogens with two attached hydrogens (primary N) is 1. The zero-order valence-electron chi connectivity index (χ0n) is 38.3. The third kappa shape index (κ3) is 10.0. The summed E-state index contributed by atoms with van der Waals surface area (Å²) >= 11 is 1.42. The Hall–Kier alpha value is -7.61. The maximum Gasteiger partial charge on any atom is 0.278 e. The van der Waals surface area contributed by atoms with Gasteiger partial charge < -0.3 is 30.7 Å². The first-order valence-corrected chi connectivity index (χ1v) is 23.0. The smallest absolute Gasteiger partial charge is 0.278 e. The maximum atomic E-state index is 13.2. The van der Waals surface area contributed by atoms with Gasteiger partial charge in [-0.15, -0.1) is 0 Å². The van der Waals surface area contributed by atoms with Gasteiger partial charge in [0.05, 0.1) is 38.7 Å². The van der Waals surface area contributed by atoms with Gasteiger partial charge in [-0.2, -0.15) is 4.98 Å². The van der Waals surface area contributed by atoms with Crippen LogP contribution < -0.4 is 31.6 Å². The van der Waals surface area contributed by atoms with Crippen LogP contribution in [0, 0.1) is 0 Å². The molecule has 2 aliphatic rings. The molecule has 0 spiro atoms. The first kappa shape index (κ1) is 46.9. The van der Waals surface area contributed by atoms with Gasteiger partial charge in [0.2, 0.25) is 5.95 Å². The number of nitrogen functional groups attached to an aromatic ring is 1. The molecule has 19 heteroatoms. The van der Waals surface area contributed by atoms with E-state index in [-0.39, 0.29) is 11.1 Å². The van der Waals surface area contributed by atoms with Gasteiger partial charge in [-0.1, -0.05) is 60.3 Å². The number of benzene rings is 2. The molecule has 5 N–H and O–H groups in total. The van der Waals surface area contributed by atoms with Crippen LogP contribution in [0.5, 0.6) is 11.5 Å². The first-order valence-electron chi connectivity index (χ1n) is 21.8. The van der Waals surface area contributed by atoms with Crippen molar-refractivity contribution in [2.75, 3.05) is 31.5 Å². The highest BCUT2D eigenvalue weighted by Gasteiger charge is 2.28. The zero-order valence-corrected chi connectivity index (χ0v) is 39.1. The van der Waals surface area contributed by atoms with Gasteiger partial charge >= 0.3 is 0 Å². The van der Waals surface area contributed by atoms with E-state index in [1.54, 1.807) is 71.2 Å². The molecule has 0 saturated carbocycles. The number of allylic oxidation sites excluding steroid dienone is 4. The monoisotopic (exact) mass is 936 g/mol. The molecule has 2 atom stereocenters. The Morgan fingerprint density at radius 2 is 1.18 bits per heavy atom. The van der Waals surface area contributed by atoms with Crippen LogP contribution in [0.1, 0.15) is 50.9 Å². The number of aliphatic hydroxyl groups is 2. The Labute approximate surface area is 395 Å². The van der Waals surface area contributed by atoms with E-state index < -0.39 is 11.2 Å². The number of hydrogen-bond donors (Lipinski definition) is 4. The third-order valence-corrected chi connectivity index (χ3v) is 12.0. The van der Waals surface area contributed by atoms with Crippen molar-refractivity contribution >= 4 is 51.2 Å². The second kappa shape index (κ2) is 20.1. The normalized spacial score (nSPS) is 18.5. The number of methoxy groups -OCH3 is 2. The lowest BCUT2D eigenvalue weighted by molar-refractivity contribution is 0.0439. The topological polar surface area (TPSA) is 228 Å². The molecule has 8 heterocycles. The summed E-state index contributed by atoms with van der Waals surface area (Å²) in [6, 6.07) is 25.6. The van der Waals surface area contributed by atoms with Crippen LogP contribution in [0.2, 0.25) is 0 Å². The van der Waals surface area contributed by atoms with Crippen LogP contribution >= 0.6 is 11.8 Å². The highest BCUT2D eigenvalue weighted by Crippen LogP contribution is 2.29. The minimum Gasteiger partial charge on any atom is -0.497 e. The summed E-state index contributed by atoms with van der Waals surface area (Å²) in [5, 5.41) is 26.3. The van der Waals surface area contributed by atoms with E-state index in [2.05, 4.69) is 30.2 Å². The van der Waals surface area contributed by atoms with Crippen LogP contribution in [-0.4, -0.2) is 79.3 Å². The van der Waals surface area contributed by atoms with Crippen LogP contribution in [0.3, 0.4) is 0 Å². The Kier molecular flexibility index (Phi) is 13.9. The van der Waals surface area contributed by atoms with Crippen LogP contribution in [0.25, 0.3) is 33.7 Å². The molecule has 68 heavy (non-hydrogen) atoms. The van der Waals surface area contributed by atoms with Crippen molar-refractivity contribution < 1.29 is 19.7 Å². The van der Waals surface area contributed by atoms with Crippen LogP contribution in [-0.2, 0) is 24.3 Å². The lowest BCUT2D eigenvalue weighted by Crippen LogP contribution is -2.24. The molecule has 0 saturated heterocycles. The number of rotatable bonds is 5. The predicted octanol–water partition coefficient (Wildman–Crippen LogP) is 6.82. The van der Waals surface area contributed by atoms with Crippen LogP contribution in [0.15, 0.2) is 136 Å². The lowest BCUT2D eigenvalue weighted by atomic mass is 9.95. The second-order valence-corrected chi connectivity index (χ2v) is 17.2. The Morgan fingerprint density at radius 1 is 0.662 bits per heavy atom. The maximum absolute atomic E-state index is 13.2. The van der Waals surface area contributed by atoms with Gasteiger partial charge in [0.15, 0.2) is 28.1 Å². The summed E-state index contributed by atoms with van der Waals surface area (Å²) in [7, 11) is 3.22. The lowest BCUT2D eigenvalue weighted by Gasteiger charge is -2.22. The molecular formula is C49H52N12O6S. The molecule has 0 radical (unpaired) electrons. The number of nitrogens with one attached hydrogen (secondary N) is 1. The summed E-state index contributed by atoms with van der Waals surface area (Å²) < 4.78 is 16.8. The minimum atomic E-state index is -1.09. The second-order valence-electron chi connectivity index (χ2n) is 16.4. The van der Waals surface area contributed by atoms with E-state index in [0.717, 1.165) is 17.1 Å². The summed E-state index contributed by atoms with van der Waals surface area (Å²) in [5.74, 6) is 2.89. The van der Waals surface area contributed by atoms with Gasteiger partial charge in [0.1, 0.15) is 33.5 Å². The molecule has 6 aromatic heterocycles. The average molecular weight is 937 g/mol. The van der Waals surface area contributed by atoms with E-state index >= 15 is 0 Å². The molecule has 350 valence electrons. The molecule has 0 aliphatic carbocycles. The van der Waals surface area contributed by atoms with Crippen molar-refractivity contribution in [1.82, 2.24) is 48.6 Å². The number of aromatic nitrogens is 10. The molecule has 4 bridgehead atoms. The Morgan fingerprint density at radius 3 is 1.71 bits per heavy atom. The first-order chi connectivity index (χ1) is 32.8. The van der Waals surface area contributed by atoms with E-state index in [1.165, 1.54) is 18.0 Å². The molecule has 2 aromatic carbocycles. The molecule has 0 unspecified atom stereocenters. The number of thioether (sulfide) groups is 1. The number of hydrogen-bond acceptors (Lipinski definition) is 15. The van der Waals surface area contributed by atoms with Gasteiger partial charge in [-0.3, -0.25) is 9.59 Å². The highest BCUT2D eigenvalue weighted by molar-refractivity contribution is 7.98. The predicted molar refractivity (Wildman–Crippen MR) is 263 cm³/mol. The van der Waals surface area contributed by atoms with Crippen molar-refractivity contribution in [3.05, 3.63) is 154 Å². The fourth-order valence-corrected chi connectivity index (χ4v) is 8.05. The Bertz CT molecular complexity index is 3280. The van der Waals surface area contributed by atoms with Gasteiger partial charge in [0, 0.05) is 35.9 Å². The van der Waals surface area contributed by atoms with Crippen molar-refractivity contribution in [1.29, 1.82) is 0 Å². The highest BCUT2D eigenvalue weighted by atomic mass is 32.2. The van der Waals surface area contributed by atoms with Crippen molar-refractivity contribution in [2.45, 2.75) is 69.0 Å². The molecular weight excluding hydrogens is 885 g/mol. The summed E-state index contributed by atoms with van der Waals surface area (Å²) in [5.41, 5.74) is 6.51. The van der Waals surface area contributed by atoms with Crippen molar-refractivity contribution in [3.63, 3.8) is 0 Å². The third-order valence-electron chi connectivity index (χ3n) is 11.4. The molecule has 2 aliphatic heterocycles. The summed E-state index contributed by atoms with van der Waals surface area (Å²) in [6.07, 6.45) is 15.2. The van der Waals surface area contributed by atoms with Gasteiger partial charge in [-0.25, -0.2) is 43.6 Å². The number of pyridine rings is 2. The largest absolute Gasteiger partial charge is 0.497 e. The minimum absolute atomic E-state index is 0.157.